The van der Waals surface area contributed by atoms with Crippen molar-refractivity contribution in [2.75, 3.05) is 6.61 Å². The summed E-state index contributed by atoms with van der Waals surface area (Å²) >= 11 is 1.55. The lowest BCUT2D eigenvalue weighted by molar-refractivity contribution is 0.294. The Hall–Kier alpha value is -0.430. The molecule has 0 radical (unpaired) electrons. The summed E-state index contributed by atoms with van der Waals surface area (Å²) in [5, 5.41) is 11.9. The molecule has 0 bridgehead atoms. The molecule has 1 rings (SSSR count). The minimum atomic E-state index is -3.40. The van der Waals surface area contributed by atoms with Crippen LogP contribution >= 0.6 is 11.3 Å². The van der Waals surface area contributed by atoms with Gasteiger partial charge in [-0.1, -0.05) is 0 Å². The van der Waals surface area contributed by atoms with Crippen LogP contribution in [0.1, 0.15) is 18.1 Å². The summed E-state index contributed by atoms with van der Waals surface area (Å²) in [4.78, 5) is 0. The van der Waals surface area contributed by atoms with Gasteiger partial charge in [0.15, 0.2) is 0 Å². The molecule has 0 saturated carbocycles. The molecule has 2 N–H and O–H groups in total. The molecule has 0 saturated heterocycles. The zero-order chi connectivity index (χ0) is 11.5. The molecule has 86 valence electrons. The highest BCUT2D eigenvalue weighted by Gasteiger charge is 2.19. The van der Waals surface area contributed by atoms with Crippen molar-refractivity contribution in [1.29, 1.82) is 0 Å². The monoisotopic (exact) mass is 249 g/mol. The second-order valence-corrected chi connectivity index (χ2v) is 6.37. The zero-order valence-corrected chi connectivity index (χ0v) is 10.4. The van der Waals surface area contributed by atoms with Crippen LogP contribution in [0.25, 0.3) is 0 Å². The number of aliphatic hydroxyl groups is 1. The Morgan fingerprint density at radius 3 is 2.67 bits per heavy atom. The van der Waals surface area contributed by atoms with Gasteiger partial charge < -0.3 is 5.11 Å². The molecule has 1 aromatic heterocycles. The van der Waals surface area contributed by atoms with Gasteiger partial charge in [-0.15, -0.1) is 0 Å². The van der Waals surface area contributed by atoms with Gasteiger partial charge in [0.25, 0.3) is 0 Å². The van der Waals surface area contributed by atoms with E-state index in [0.717, 1.165) is 11.1 Å². The van der Waals surface area contributed by atoms with E-state index in [9.17, 15) is 8.42 Å². The number of hydrogen-bond acceptors (Lipinski definition) is 4. The van der Waals surface area contributed by atoms with Crippen LogP contribution in [0.3, 0.4) is 0 Å². The van der Waals surface area contributed by atoms with Crippen LogP contribution < -0.4 is 4.72 Å². The van der Waals surface area contributed by atoms with Crippen molar-refractivity contribution >= 4 is 21.4 Å². The molecule has 0 fully saturated rings. The smallest absolute Gasteiger partial charge is 0.216 e. The highest BCUT2D eigenvalue weighted by molar-refractivity contribution is 7.90. The lowest BCUT2D eigenvalue weighted by atomic mass is 10.2. The van der Waals surface area contributed by atoms with E-state index in [1.165, 1.54) is 6.92 Å². The number of rotatable bonds is 5. The van der Waals surface area contributed by atoms with Crippen LogP contribution in [0.5, 0.6) is 0 Å². The van der Waals surface area contributed by atoms with Crippen molar-refractivity contribution in [2.24, 2.45) is 0 Å². The maximum Gasteiger partial charge on any atom is 0.216 e. The molecule has 0 aliphatic rings. The number of aryl methyl sites for hydroxylation is 1. The molecule has 1 aromatic rings. The van der Waals surface area contributed by atoms with E-state index in [1.807, 2.05) is 17.7 Å². The Bertz CT molecular complexity index is 411. The summed E-state index contributed by atoms with van der Waals surface area (Å²) in [5.74, 6) is 0. The normalized spacial score (nSPS) is 14.1. The van der Waals surface area contributed by atoms with E-state index in [-0.39, 0.29) is 6.61 Å². The highest BCUT2D eigenvalue weighted by Crippen LogP contribution is 2.13. The Morgan fingerprint density at radius 1 is 1.53 bits per heavy atom. The average molecular weight is 249 g/mol. The van der Waals surface area contributed by atoms with Gasteiger partial charge in [-0.2, -0.15) is 11.3 Å². The lowest BCUT2D eigenvalue weighted by Gasteiger charge is -2.10. The van der Waals surface area contributed by atoms with Crippen LogP contribution in [0.4, 0.5) is 0 Å². The molecule has 1 unspecified atom stereocenters. The van der Waals surface area contributed by atoms with Gasteiger partial charge >= 0.3 is 0 Å². The van der Waals surface area contributed by atoms with Gasteiger partial charge in [0.2, 0.25) is 10.0 Å². The van der Waals surface area contributed by atoms with Crippen molar-refractivity contribution in [1.82, 2.24) is 4.72 Å². The Kier molecular flexibility index (Phi) is 4.27. The van der Waals surface area contributed by atoms with E-state index in [1.54, 1.807) is 11.3 Å². The van der Waals surface area contributed by atoms with E-state index < -0.39 is 15.3 Å². The molecule has 0 aliphatic carbocycles. The first kappa shape index (κ1) is 12.6. The fraction of sp³-hybridized carbons (Fsp3) is 0.556. The summed E-state index contributed by atoms with van der Waals surface area (Å²) in [7, 11) is -3.40. The van der Waals surface area contributed by atoms with Gasteiger partial charge in [0, 0.05) is 6.54 Å². The summed E-state index contributed by atoms with van der Waals surface area (Å²) in [6.07, 6.45) is 0. The standard InChI is InChI=1S/C9H15NO3S2/c1-7-5-14-6-9(7)3-10-15(12,13)8(2)4-11/h5-6,8,10-11H,3-4H2,1-2H3. The molecular formula is C9H15NO3S2. The first-order valence-electron chi connectivity index (χ1n) is 4.58. The Labute approximate surface area is 94.0 Å². The van der Waals surface area contributed by atoms with Crippen molar-refractivity contribution in [2.45, 2.75) is 25.6 Å². The number of nitrogens with one attached hydrogen (secondary N) is 1. The van der Waals surface area contributed by atoms with Gasteiger partial charge in [-0.05, 0) is 35.7 Å². The van der Waals surface area contributed by atoms with E-state index >= 15 is 0 Å². The van der Waals surface area contributed by atoms with Gasteiger partial charge in [-0.25, -0.2) is 13.1 Å². The van der Waals surface area contributed by atoms with Crippen molar-refractivity contribution in [3.63, 3.8) is 0 Å². The molecule has 4 nitrogen and oxygen atoms in total. The molecular weight excluding hydrogens is 234 g/mol. The van der Waals surface area contributed by atoms with E-state index in [2.05, 4.69) is 4.72 Å². The van der Waals surface area contributed by atoms with Gasteiger partial charge in [0.1, 0.15) is 0 Å². The number of sulfonamides is 1. The molecule has 1 heterocycles. The van der Waals surface area contributed by atoms with E-state index in [4.69, 9.17) is 5.11 Å². The molecule has 1 atom stereocenters. The molecule has 0 aliphatic heterocycles. The summed E-state index contributed by atoms with van der Waals surface area (Å²) in [6, 6.07) is 0. The fourth-order valence-corrected chi connectivity index (χ4v) is 2.68. The summed E-state index contributed by atoms with van der Waals surface area (Å²) in [6.45, 7) is 3.35. The second-order valence-electron chi connectivity index (χ2n) is 3.44. The molecule has 0 amide bonds. The highest BCUT2D eigenvalue weighted by atomic mass is 32.2. The summed E-state index contributed by atoms with van der Waals surface area (Å²) < 4.78 is 25.5. The first-order valence-corrected chi connectivity index (χ1v) is 7.07. The zero-order valence-electron chi connectivity index (χ0n) is 8.73. The van der Waals surface area contributed by atoms with Crippen LogP contribution in [0.2, 0.25) is 0 Å². The van der Waals surface area contributed by atoms with Crippen LogP contribution in [0.15, 0.2) is 10.8 Å². The Balaban J connectivity index is 2.62. The van der Waals surface area contributed by atoms with Crippen molar-refractivity contribution in [3.8, 4) is 0 Å². The third kappa shape index (κ3) is 3.27. The quantitative estimate of drug-likeness (QED) is 0.813. The van der Waals surface area contributed by atoms with Crippen molar-refractivity contribution in [3.05, 3.63) is 21.9 Å². The molecule has 0 aromatic carbocycles. The van der Waals surface area contributed by atoms with Crippen LogP contribution in [-0.2, 0) is 16.6 Å². The predicted molar refractivity (Wildman–Crippen MR) is 61.4 cm³/mol. The SMILES string of the molecule is Cc1cscc1CNS(=O)(=O)C(C)CO. The average Bonchev–Trinajstić information content (AvgIpc) is 2.60. The second kappa shape index (κ2) is 5.07. The number of hydrogen-bond donors (Lipinski definition) is 2. The fourth-order valence-electron chi connectivity index (χ4n) is 0.987. The summed E-state index contributed by atoms with van der Waals surface area (Å²) in [5.41, 5.74) is 2.06. The van der Waals surface area contributed by atoms with Crippen molar-refractivity contribution < 1.29 is 13.5 Å². The topological polar surface area (TPSA) is 66.4 Å². The predicted octanol–water partition coefficient (Wildman–Crippen LogP) is 0.857. The molecule has 0 spiro atoms. The Morgan fingerprint density at radius 2 is 2.20 bits per heavy atom. The third-order valence-corrected chi connectivity index (χ3v) is 4.88. The minimum Gasteiger partial charge on any atom is -0.395 e. The maximum atomic E-state index is 11.5. The molecule has 6 heteroatoms. The number of thiophene rings is 1. The molecule has 15 heavy (non-hydrogen) atoms. The van der Waals surface area contributed by atoms with Gasteiger partial charge in [-0.3, -0.25) is 0 Å². The lowest BCUT2D eigenvalue weighted by Crippen LogP contribution is -2.34. The van der Waals surface area contributed by atoms with Gasteiger partial charge in [0.05, 0.1) is 11.9 Å². The third-order valence-electron chi connectivity index (χ3n) is 2.21. The largest absolute Gasteiger partial charge is 0.395 e. The maximum absolute atomic E-state index is 11.5. The minimum absolute atomic E-state index is 0.294. The first-order chi connectivity index (χ1) is 6.97. The van der Waals surface area contributed by atoms with Crippen LogP contribution in [-0.4, -0.2) is 25.4 Å². The van der Waals surface area contributed by atoms with E-state index in [0.29, 0.717) is 6.54 Å². The van der Waals surface area contributed by atoms with Crippen LogP contribution in [0, 0.1) is 6.92 Å². The number of aliphatic hydroxyl groups excluding tert-OH is 1.